The highest BCUT2D eigenvalue weighted by atomic mass is 16.3. The quantitative estimate of drug-likeness (QED) is 0.799. The van der Waals surface area contributed by atoms with Crippen LogP contribution in [0.1, 0.15) is 23.9 Å². The fraction of sp³-hybridized carbons (Fsp3) is 0.316. The lowest BCUT2D eigenvalue weighted by Gasteiger charge is -2.24. The number of pyridine rings is 1. The zero-order chi connectivity index (χ0) is 16.8. The van der Waals surface area contributed by atoms with Crippen molar-refractivity contribution in [3.05, 3.63) is 76.2 Å². The average Bonchev–Trinajstić information content (AvgIpc) is 2.55. The molecule has 0 amide bonds. The van der Waals surface area contributed by atoms with Gasteiger partial charge in [-0.1, -0.05) is 43.3 Å². The number of nitrogens with zero attached hydrogens (tertiary/aromatic N) is 2. The Bertz CT molecular complexity index is 720. The Balaban J connectivity index is 2.33. The van der Waals surface area contributed by atoms with Crippen LogP contribution in [0.2, 0.25) is 0 Å². The minimum absolute atomic E-state index is 0.163. The number of hydrogen-bond acceptors (Lipinski definition) is 3. The fourth-order valence-corrected chi connectivity index (χ4v) is 2.70. The summed E-state index contributed by atoms with van der Waals surface area (Å²) in [5.74, 6) is -0.163. The van der Waals surface area contributed by atoms with Crippen LogP contribution in [0.4, 0.5) is 0 Å². The Morgan fingerprint density at radius 2 is 1.96 bits per heavy atom. The third-order valence-electron chi connectivity index (χ3n) is 3.98. The lowest BCUT2D eigenvalue weighted by Crippen LogP contribution is -2.26. The van der Waals surface area contributed by atoms with Gasteiger partial charge in [0, 0.05) is 31.4 Å². The molecule has 0 saturated carbocycles. The zero-order valence-electron chi connectivity index (χ0n) is 13.8. The summed E-state index contributed by atoms with van der Waals surface area (Å²) in [5, 5.41) is 10.2. The maximum Gasteiger partial charge on any atom is 0.223 e. The topological polar surface area (TPSA) is 45.5 Å². The predicted molar refractivity (Wildman–Crippen MR) is 93.5 cm³/mol. The van der Waals surface area contributed by atoms with E-state index in [-0.39, 0.29) is 11.2 Å². The summed E-state index contributed by atoms with van der Waals surface area (Å²) >= 11 is 0. The van der Waals surface area contributed by atoms with Crippen LogP contribution in [-0.2, 0) is 19.6 Å². The standard InChI is InChI=1S/C19H24N2O2/c1-4-11-21-15(3)12-18(22)19(23)17(21)14-20(5-2)13-16-9-7-6-8-10-16/h4,6-10,12,23H,1,5,11,13-14H2,2-3H3. The molecule has 23 heavy (non-hydrogen) atoms. The van der Waals surface area contributed by atoms with E-state index in [2.05, 4.69) is 30.5 Å². The minimum atomic E-state index is -0.325. The zero-order valence-corrected chi connectivity index (χ0v) is 13.8. The molecule has 0 aliphatic rings. The Morgan fingerprint density at radius 3 is 2.57 bits per heavy atom. The average molecular weight is 312 g/mol. The van der Waals surface area contributed by atoms with Gasteiger partial charge in [0.15, 0.2) is 5.75 Å². The molecule has 0 spiro atoms. The lowest BCUT2D eigenvalue weighted by atomic mass is 10.2. The Kier molecular flexibility index (Phi) is 5.77. The van der Waals surface area contributed by atoms with Crippen LogP contribution in [0.5, 0.6) is 5.75 Å². The van der Waals surface area contributed by atoms with Crippen molar-refractivity contribution in [1.29, 1.82) is 0 Å². The molecule has 0 radical (unpaired) electrons. The molecule has 4 heteroatoms. The molecule has 0 aliphatic heterocycles. The van der Waals surface area contributed by atoms with Gasteiger partial charge in [-0.2, -0.15) is 0 Å². The molecule has 1 aromatic heterocycles. The first-order valence-corrected chi connectivity index (χ1v) is 7.86. The highest BCUT2D eigenvalue weighted by molar-refractivity contribution is 5.30. The van der Waals surface area contributed by atoms with Crippen LogP contribution in [0, 0.1) is 6.92 Å². The van der Waals surface area contributed by atoms with Crippen molar-refractivity contribution < 1.29 is 5.11 Å². The van der Waals surface area contributed by atoms with Gasteiger partial charge in [-0.05, 0) is 19.0 Å². The van der Waals surface area contributed by atoms with E-state index in [1.54, 1.807) is 6.08 Å². The van der Waals surface area contributed by atoms with Gasteiger partial charge in [0.25, 0.3) is 0 Å². The SMILES string of the molecule is C=CCn1c(C)cc(=O)c(O)c1CN(CC)Cc1ccccc1. The van der Waals surface area contributed by atoms with Gasteiger partial charge in [-0.3, -0.25) is 9.69 Å². The van der Waals surface area contributed by atoms with E-state index in [0.717, 1.165) is 18.8 Å². The van der Waals surface area contributed by atoms with Gasteiger partial charge in [-0.25, -0.2) is 0 Å². The van der Waals surface area contributed by atoms with Crippen LogP contribution in [0.15, 0.2) is 53.8 Å². The summed E-state index contributed by atoms with van der Waals surface area (Å²) in [7, 11) is 0. The van der Waals surface area contributed by atoms with Crippen molar-refractivity contribution in [3.8, 4) is 5.75 Å². The molecule has 4 nitrogen and oxygen atoms in total. The van der Waals surface area contributed by atoms with Crippen molar-refractivity contribution >= 4 is 0 Å². The third kappa shape index (κ3) is 4.11. The normalized spacial score (nSPS) is 10.9. The molecule has 2 rings (SSSR count). The highest BCUT2D eigenvalue weighted by Gasteiger charge is 2.15. The second-order valence-electron chi connectivity index (χ2n) is 5.63. The smallest absolute Gasteiger partial charge is 0.223 e. The van der Waals surface area contributed by atoms with Crippen LogP contribution in [0.25, 0.3) is 0 Å². The maximum absolute atomic E-state index is 11.9. The molecule has 0 aliphatic carbocycles. The molecule has 2 aromatic rings. The summed E-state index contributed by atoms with van der Waals surface area (Å²) < 4.78 is 1.94. The van der Waals surface area contributed by atoms with Gasteiger partial charge in [-0.15, -0.1) is 6.58 Å². The van der Waals surface area contributed by atoms with Crippen molar-refractivity contribution in [1.82, 2.24) is 9.47 Å². The van der Waals surface area contributed by atoms with Gasteiger partial charge < -0.3 is 9.67 Å². The molecule has 1 heterocycles. The maximum atomic E-state index is 11.9. The molecule has 0 saturated heterocycles. The molecule has 0 unspecified atom stereocenters. The van der Waals surface area contributed by atoms with Crippen LogP contribution >= 0.6 is 0 Å². The molecule has 1 N–H and O–H groups in total. The van der Waals surface area contributed by atoms with E-state index in [1.807, 2.05) is 29.7 Å². The molecule has 0 fully saturated rings. The lowest BCUT2D eigenvalue weighted by molar-refractivity contribution is 0.258. The molecular weight excluding hydrogens is 288 g/mol. The molecule has 0 atom stereocenters. The van der Waals surface area contributed by atoms with E-state index < -0.39 is 0 Å². The first-order chi connectivity index (χ1) is 11.1. The molecular formula is C19H24N2O2. The summed E-state index contributed by atoms with van der Waals surface area (Å²) in [6.45, 7) is 10.4. The van der Waals surface area contributed by atoms with E-state index in [9.17, 15) is 9.90 Å². The van der Waals surface area contributed by atoms with Crippen molar-refractivity contribution in [2.75, 3.05) is 6.54 Å². The highest BCUT2D eigenvalue weighted by Crippen LogP contribution is 2.18. The van der Waals surface area contributed by atoms with Crippen molar-refractivity contribution in [3.63, 3.8) is 0 Å². The Labute approximate surface area is 137 Å². The first-order valence-electron chi connectivity index (χ1n) is 7.86. The van der Waals surface area contributed by atoms with Gasteiger partial charge in [0.05, 0.1) is 5.69 Å². The van der Waals surface area contributed by atoms with E-state index in [1.165, 1.54) is 11.6 Å². The predicted octanol–water partition coefficient (Wildman–Crippen LogP) is 3.07. The van der Waals surface area contributed by atoms with E-state index in [0.29, 0.717) is 18.8 Å². The summed E-state index contributed by atoms with van der Waals surface area (Å²) in [4.78, 5) is 14.1. The number of rotatable bonds is 7. The molecule has 122 valence electrons. The minimum Gasteiger partial charge on any atom is -0.503 e. The third-order valence-corrected chi connectivity index (χ3v) is 3.98. The number of aryl methyl sites for hydroxylation is 1. The van der Waals surface area contributed by atoms with Gasteiger partial charge in [0.1, 0.15) is 0 Å². The van der Waals surface area contributed by atoms with Gasteiger partial charge >= 0.3 is 0 Å². The largest absolute Gasteiger partial charge is 0.503 e. The van der Waals surface area contributed by atoms with Crippen LogP contribution in [0.3, 0.4) is 0 Å². The monoisotopic (exact) mass is 312 g/mol. The summed E-state index contributed by atoms with van der Waals surface area (Å²) in [6.07, 6.45) is 1.77. The van der Waals surface area contributed by atoms with Crippen molar-refractivity contribution in [2.45, 2.75) is 33.5 Å². The van der Waals surface area contributed by atoms with Crippen LogP contribution in [-0.4, -0.2) is 21.1 Å². The number of aromatic nitrogens is 1. The molecule has 1 aromatic carbocycles. The molecule has 0 bridgehead atoms. The number of allylic oxidation sites excluding steroid dienone is 1. The summed E-state index contributed by atoms with van der Waals surface area (Å²) in [6, 6.07) is 11.6. The second kappa shape index (κ2) is 7.79. The first kappa shape index (κ1) is 17.0. The second-order valence-corrected chi connectivity index (χ2v) is 5.63. The number of hydrogen-bond donors (Lipinski definition) is 1. The van der Waals surface area contributed by atoms with Crippen LogP contribution < -0.4 is 5.43 Å². The van der Waals surface area contributed by atoms with E-state index >= 15 is 0 Å². The fourth-order valence-electron chi connectivity index (χ4n) is 2.70. The summed E-state index contributed by atoms with van der Waals surface area (Å²) in [5.41, 5.74) is 2.36. The Hall–Kier alpha value is -2.33. The van der Waals surface area contributed by atoms with E-state index in [4.69, 9.17) is 0 Å². The number of aromatic hydroxyl groups is 1. The van der Waals surface area contributed by atoms with Gasteiger partial charge in [0.2, 0.25) is 5.43 Å². The Morgan fingerprint density at radius 1 is 1.26 bits per heavy atom. The number of benzene rings is 1. The van der Waals surface area contributed by atoms with Crippen molar-refractivity contribution in [2.24, 2.45) is 0 Å².